The number of amides is 1. The molecular formula is C25H28F4N6O. The molecule has 11 heteroatoms. The van der Waals surface area contributed by atoms with Gasteiger partial charge < -0.3 is 10.2 Å². The summed E-state index contributed by atoms with van der Waals surface area (Å²) in [5.74, 6) is -1.09. The summed E-state index contributed by atoms with van der Waals surface area (Å²) in [5.41, 5.74) is -2.36. The molecule has 3 aliphatic heterocycles. The zero-order valence-corrected chi connectivity index (χ0v) is 20.6. The largest absolute Gasteiger partial charge is 0.419 e. The number of alkyl halides is 3. The van der Waals surface area contributed by atoms with Crippen molar-refractivity contribution in [3.05, 3.63) is 46.8 Å². The molecular weight excluding hydrogens is 476 g/mol. The van der Waals surface area contributed by atoms with Crippen molar-refractivity contribution in [1.29, 1.82) is 5.26 Å². The maximum absolute atomic E-state index is 14.7. The third kappa shape index (κ3) is 4.94. The van der Waals surface area contributed by atoms with Gasteiger partial charge in [0.1, 0.15) is 11.7 Å². The number of amidine groups is 2. The van der Waals surface area contributed by atoms with Gasteiger partial charge in [-0.2, -0.15) is 23.5 Å². The van der Waals surface area contributed by atoms with Crippen molar-refractivity contribution in [2.24, 2.45) is 15.5 Å². The van der Waals surface area contributed by atoms with Crippen LogP contribution in [-0.2, 0) is 11.0 Å². The third-order valence-electron chi connectivity index (χ3n) is 6.78. The number of piperidine rings is 1. The van der Waals surface area contributed by atoms with Gasteiger partial charge in [0.25, 0.3) is 5.91 Å². The van der Waals surface area contributed by atoms with Crippen LogP contribution in [0.25, 0.3) is 0 Å². The number of nitrogens with zero attached hydrogens (tertiary/aromatic N) is 5. The number of carbonyl (C=O) groups is 1. The van der Waals surface area contributed by atoms with Crippen molar-refractivity contribution < 1.29 is 22.4 Å². The minimum atomic E-state index is -4.85. The van der Waals surface area contributed by atoms with Gasteiger partial charge in [-0.05, 0) is 52.7 Å². The molecule has 0 unspecified atom stereocenters. The van der Waals surface area contributed by atoms with Gasteiger partial charge in [-0.1, -0.05) is 12.1 Å². The minimum Gasteiger partial charge on any atom is -0.355 e. The van der Waals surface area contributed by atoms with Gasteiger partial charge in [0.15, 0.2) is 5.84 Å². The van der Waals surface area contributed by atoms with Gasteiger partial charge in [0.05, 0.1) is 40.7 Å². The Labute approximate surface area is 207 Å². The van der Waals surface area contributed by atoms with Crippen molar-refractivity contribution in [2.45, 2.75) is 58.3 Å². The maximum atomic E-state index is 14.7. The summed E-state index contributed by atoms with van der Waals surface area (Å²) in [6.07, 6.45) is -1.94. The molecule has 192 valence electrons. The van der Waals surface area contributed by atoms with Crippen LogP contribution in [-0.4, -0.2) is 52.7 Å². The number of aliphatic imine (C=N–C) groups is 1. The van der Waals surface area contributed by atoms with Crippen LogP contribution in [0.5, 0.6) is 0 Å². The lowest BCUT2D eigenvalue weighted by Gasteiger charge is -2.37. The van der Waals surface area contributed by atoms with E-state index in [2.05, 4.69) is 21.5 Å². The molecule has 1 aromatic carbocycles. The summed E-state index contributed by atoms with van der Waals surface area (Å²) in [6, 6.07) is 4.34. The molecule has 36 heavy (non-hydrogen) atoms. The van der Waals surface area contributed by atoms with Crippen LogP contribution in [0.1, 0.15) is 57.7 Å². The molecule has 0 spiro atoms. The van der Waals surface area contributed by atoms with E-state index in [0.717, 1.165) is 6.07 Å². The number of hydrogen-bond donors (Lipinski definition) is 1. The molecule has 3 heterocycles. The Balaban J connectivity index is 1.61. The Hall–Kier alpha value is -3.42. The Bertz CT molecular complexity index is 1200. The van der Waals surface area contributed by atoms with Gasteiger partial charge in [-0.3, -0.25) is 9.79 Å². The summed E-state index contributed by atoms with van der Waals surface area (Å²) in [6.45, 7) is 8.78. The number of benzene rings is 1. The van der Waals surface area contributed by atoms with Crippen LogP contribution < -0.4 is 5.32 Å². The summed E-state index contributed by atoms with van der Waals surface area (Å²) < 4.78 is 54.1. The predicted octanol–water partition coefficient (Wildman–Crippen LogP) is 4.39. The normalized spacial score (nSPS) is 21.6. The number of rotatable bonds is 3. The molecule has 1 aromatic rings. The van der Waals surface area contributed by atoms with Crippen LogP contribution in [0, 0.1) is 22.6 Å². The van der Waals surface area contributed by atoms with E-state index in [-0.39, 0.29) is 11.1 Å². The van der Waals surface area contributed by atoms with Gasteiger partial charge in [-0.25, -0.2) is 9.40 Å². The molecule has 0 radical (unpaired) electrons. The van der Waals surface area contributed by atoms with Crippen LogP contribution in [0.2, 0.25) is 0 Å². The summed E-state index contributed by atoms with van der Waals surface area (Å²) in [7, 11) is 0. The maximum Gasteiger partial charge on any atom is 0.419 e. The molecule has 1 fully saturated rings. The molecule has 1 atom stereocenters. The molecule has 0 bridgehead atoms. The number of nitriles is 1. The van der Waals surface area contributed by atoms with E-state index in [9.17, 15) is 27.6 Å². The SMILES string of the molecule is C[C@@H](NC(=O)C1=CC(N2CCC(C)(C#N)CC2)=NN2CC(C)(C)N=C12)c1cccc(C(F)(F)F)c1F. The molecule has 1 saturated heterocycles. The first-order chi connectivity index (χ1) is 16.7. The highest BCUT2D eigenvalue weighted by Crippen LogP contribution is 2.35. The highest BCUT2D eigenvalue weighted by Gasteiger charge is 2.40. The van der Waals surface area contributed by atoms with Gasteiger partial charge in [0.2, 0.25) is 0 Å². The fourth-order valence-electron chi connectivity index (χ4n) is 4.57. The monoisotopic (exact) mass is 504 g/mol. The van der Waals surface area contributed by atoms with Gasteiger partial charge in [0, 0.05) is 18.7 Å². The van der Waals surface area contributed by atoms with E-state index < -0.39 is 40.5 Å². The standard InChI is InChI=1S/C25H28F4N6O/c1-15(16-6-5-7-18(20(16)26)25(27,28)29)31-22(36)17-12-19(33-35-14-23(2,3)32-21(17)35)34-10-8-24(4,13-30)9-11-34/h5-7,12,15H,8-11,14H2,1-4H3,(H,31,36)/t15-/m1/s1. The van der Waals surface area contributed by atoms with Crippen molar-refractivity contribution >= 4 is 17.6 Å². The first-order valence-corrected chi connectivity index (χ1v) is 11.7. The summed E-state index contributed by atoms with van der Waals surface area (Å²) in [4.78, 5) is 20.0. The molecule has 1 amide bonds. The highest BCUT2D eigenvalue weighted by molar-refractivity contribution is 6.25. The average molecular weight is 505 g/mol. The zero-order valence-electron chi connectivity index (χ0n) is 20.6. The van der Waals surface area contributed by atoms with Gasteiger partial charge >= 0.3 is 6.18 Å². The summed E-state index contributed by atoms with van der Waals surface area (Å²) >= 11 is 0. The Morgan fingerprint density at radius 2 is 1.89 bits per heavy atom. The van der Waals surface area contributed by atoms with Crippen LogP contribution in [0.3, 0.4) is 0 Å². The van der Waals surface area contributed by atoms with Crippen LogP contribution in [0.4, 0.5) is 17.6 Å². The number of fused-ring (bicyclic) bond motifs is 1. The first-order valence-electron chi connectivity index (χ1n) is 11.7. The lowest BCUT2D eigenvalue weighted by Crippen LogP contribution is -2.46. The van der Waals surface area contributed by atoms with Crippen molar-refractivity contribution in [3.63, 3.8) is 0 Å². The quantitative estimate of drug-likeness (QED) is 0.619. The van der Waals surface area contributed by atoms with E-state index in [0.29, 0.717) is 50.2 Å². The first kappa shape index (κ1) is 25.7. The fourth-order valence-corrected chi connectivity index (χ4v) is 4.57. The Kier molecular flexibility index (Phi) is 6.35. The molecule has 0 saturated carbocycles. The molecule has 1 N–H and O–H groups in total. The lowest BCUT2D eigenvalue weighted by atomic mass is 9.82. The number of carbonyl (C=O) groups excluding carboxylic acids is 1. The zero-order chi connectivity index (χ0) is 26.5. The molecule has 3 aliphatic rings. The number of hydrazone groups is 1. The van der Waals surface area contributed by atoms with E-state index in [1.807, 2.05) is 25.7 Å². The Morgan fingerprint density at radius 1 is 1.22 bits per heavy atom. The van der Waals surface area contributed by atoms with Crippen molar-refractivity contribution in [2.75, 3.05) is 19.6 Å². The topological polar surface area (TPSA) is 84.1 Å². The predicted molar refractivity (Wildman–Crippen MR) is 126 cm³/mol. The van der Waals surface area contributed by atoms with E-state index >= 15 is 0 Å². The fraction of sp³-hybridized carbons (Fsp3) is 0.520. The number of halogens is 4. The van der Waals surface area contributed by atoms with Crippen LogP contribution >= 0.6 is 0 Å². The molecule has 0 aliphatic carbocycles. The molecule has 4 rings (SSSR count). The van der Waals surface area contributed by atoms with E-state index in [1.54, 1.807) is 11.1 Å². The second-order valence-electron chi connectivity index (χ2n) is 10.4. The smallest absolute Gasteiger partial charge is 0.355 e. The van der Waals surface area contributed by atoms with Crippen LogP contribution in [0.15, 0.2) is 39.9 Å². The number of likely N-dealkylation sites (tertiary alicyclic amines) is 1. The third-order valence-corrected chi connectivity index (χ3v) is 6.78. The average Bonchev–Trinajstić information content (AvgIpc) is 3.11. The summed E-state index contributed by atoms with van der Waals surface area (Å²) in [5, 5.41) is 18.4. The number of nitrogens with one attached hydrogen (secondary N) is 1. The van der Waals surface area contributed by atoms with Gasteiger partial charge in [-0.15, -0.1) is 0 Å². The Morgan fingerprint density at radius 3 is 2.50 bits per heavy atom. The van der Waals surface area contributed by atoms with E-state index in [4.69, 9.17) is 0 Å². The molecule has 7 nitrogen and oxygen atoms in total. The lowest BCUT2D eigenvalue weighted by molar-refractivity contribution is -0.140. The van der Waals surface area contributed by atoms with Crippen molar-refractivity contribution in [1.82, 2.24) is 15.2 Å². The second kappa shape index (κ2) is 8.91. The number of hydrogen-bond acceptors (Lipinski definition) is 6. The minimum absolute atomic E-state index is 0.207. The molecule has 0 aromatic heterocycles. The van der Waals surface area contributed by atoms with Crippen molar-refractivity contribution in [3.8, 4) is 6.07 Å². The second-order valence-corrected chi connectivity index (χ2v) is 10.4. The highest BCUT2D eigenvalue weighted by atomic mass is 19.4. The van der Waals surface area contributed by atoms with E-state index in [1.165, 1.54) is 13.0 Å².